The molecule has 5 aromatic carbocycles. The molecule has 1 aliphatic rings. The zero-order chi connectivity index (χ0) is 31.0. The topological polar surface area (TPSA) is 95.1 Å². The van der Waals surface area contributed by atoms with Gasteiger partial charge in [0.15, 0.2) is 11.5 Å². The second kappa shape index (κ2) is 13.7. The number of carbonyl (C=O) groups excluding carboxylic acids is 2. The van der Waals surface area contributed by atoms with Gasteiger partial charge in [-0.3, -0.25) is 4.79 Å². The molecule has 6 rings (SSSR count). The molecule has 1 aliphatic heterocycles. The van der Waals surface area contributed by atoms with Gasteiger partial charge in [-0.25, -0.2) is 4.79 Å². The van der Waals surface area contributed by atoms with Crippen molar-refractivity contribution in [3.63, 3.8) is 0 Å². The number of rotatable bonds is 11. The fourth-order valence-corrected chi connectivity index (χ4v) is 4.99. The predicted molar refractivity (Wildman–Crippen MR) is 172 cm³/mol. The molecule has 0 bridgehead atoms. The average molecular weight is 601 g/mol. The molecular weight excluding hydrogens is 568 g/mol. The largest absolute Gasteiger partial charge is 0.487 e. The summed E-state index contributed by atoms with van der Waals surface area (Å²) in [6.07, 6.45) is -0.702. The minimum atomic E-state index is -0.702. The first-order valence-corrected chi connectivity index (χ1v) is 14.6. The number of esters is 1. The van der Waals surface area contributed by atoms with Crippen LogP contribution in [0.15, 0.2) is 127 Å². The van der Waals surface area contributed by atoms with Crippen LogP contribution in [0.1, 0.15) is 44.9 Å². The Balaban J connectivity index is 1.28. The first-order chi connectivity index (χ1) is 22.0. The van der Waals surface area contributed by atoms with Crippen molar-refractivity contribution in [2.45, 2.75) is 25.7 Å². The first-order valence-electron chi connectivity index (χ1n) is 14.6. The summed E-state index contributed by atoms with van der Waals surface area (Å²) in [6, 6.07) is 38.2. The fourth-order valence-electron chi connectivity index (χ4n) is 4.99. The summed E-state index contributed by atoms with van der Waals surface area (Å²) in [5.41, 5.74) is 3.96. The average Bonchev–Trinajstić information content (AvgIpc) is 3.56. The molecule has 226 valence electrons. The van der Waals surface area contributed by atoms with E-state index < -0.39 is 18.1 Å². The maximum absolute atomic E-state index is 13.2. The van der Waals surface area contributed by atoms with Crippen LogP contribution in [0.4, 0.5) is 11.4 Å². The fraction of sp³-hybridized carbons (Fsp3) is 0.135. The molecule has 2 N–H and O–H groups in total. The molecule has 0 unspecified atom stereocenters. The van der Waals surface area contributed by atoms with Crippen LogP contribution >= 0.6 is 0 Å². The Morgan fingerprint density at radius 2 is 1.42 bits per heavy atom. The van der Waals surface area contributed by atoms with Crippen molar-refractivity contribution in [3.05, 3.63) is 150 Å². The molecule has 0 saturated heterocycles. The number of fused-ring (bicyclic) bond motifs is 1. The molecule has 0 aromatic heterocycles. The highest BCUT2D eigenvalue weighted by atomic mass is 16.7. The number of benzene rings is 5. The highest BCUT2D eigenvalue weighted by Crippen LogP contribution is 2.38. The minimum absolute atomic E-state index is 0.135. The Bertz CT molecular complexity index is 1760. The Morgan fingerprint density at radius 1 is 0.756 bits per heavy atom. The van der Waals surface area contributed by atoms with E-state index in [1.807, 2.05) is 85.8 Å². The maximum atomic E-state index is 13.2. The summed E-state index contributed by atoms with van der Waals surface area (Å²) in [4.78, 5) is 26.1. The van der Waals surface area contributed by atoms with Crippen molar-refractivity contribution in [3.8, 4) is 17.2 Å². The van der Waals surface area contributed by atoms with E-state index in [9.17, 15) is 9.59 Å². The van der Waals surface area contributed by atoms with Crippen molar-refractivity contribution in [1.29, 1.82) is 0 Å². The maximum Gasteiger partial charge on any atom is 0.338 e. The van der Waals surface area contributed by atoms with E-state index in [2.05, 4.69) is 10.6 Å². The Hall–Kier alpha value is -5.76. The number of hydrogen-bond donors (Lipinski definition) is 2. The van der Waals surface area contributed by atoms with E-state index in [0.29, 0.717) is 46.4 Å². The third-order valence-electron chi connectivity index (χ3n) is 7.32. The molecule has 0 saturated carbocycles. The van der Waals surface area contributed by atoms with E-state index in [1.54, 1.807) is 48.5 Å². The van der Waals surface area contributed by atoms with Gasteiger partial charge in [0, 0.05) is 17.3 Å². The lowest BCUT2D eigenvalue weighted by Crippen LogP contribution is -2.28. The number of amides is 1. The van der Waals surface area contributed by atoms with Gasteiger partial charge in [0.05, 0.1) is 17.3 Å². The molecule has 0 fully saturated rings. The lowest BCUT2D eigenvalue weighted by molar-refractivity contribution is 0.0261. The van der Waals surface area contributed by atoms with Crippen LogP contribution in [0.3, 0.4) is 0 Å². The highest BCUT2D eigenvalue weighted by Gasteiger charge is 2.27. The van der Waals surface area contributed by atoms with Crippen LogP contribution in [0.25, 0.3) is 0 Å². The van der Waals surface area contributed by atoms with Crippen LogP contribution in [0.5, 0.6) is 17.2 Å². The van der Waals surface area contributed by atoms with Crippen molar-refractivity contribution in [1.82, 2.24) is 0 Å². The smallest absolute Gasteiger partial charge is 0.338 e. The number of anilines is 2. The van der Waals surface area contributed by atoms with Crippen molar-refractivity contribution in [2.75, 3.05) is 17.4 Å². The van der Waals surface area contributed by atoms with Crippen LogP contribution < -0.4 is 24.8 Å². The quantitative estimate of drug-likeness (QED) is 0.150. The van der Waals surface area contributed by atoms with Crippen molar-refractivity contribution >= 4 is 23.3 Å². The Labute approximate surface area is 261 Å². The molecule has 2 atom stereocenters. The number of nitrogens with one attached hydrogen (secondary N) is 2. The van der Waals surface area contributed by atoms with Crippen molar-refractivity contribution < 1.29 is 28.5 Å². The van der Waals surface area contributed by atoms with Gasteiger partial charge >= 0.3 is 5.97 Å². The van der Waals surface area contributed by atoms with E-state index in [4.69, 9.17) is 18.9 Å². The van der Waals surface area contributed by atoms with Gasteiger partial charge in [-0.2, -0.15) is 0 Å². The lowest BCUT2D eigenvalue weighted by atomic mass is 10.0. The summed E-state index contributed by atoms with van der Waals surface area (Å²) >= 11 is 0. The third kappa shape index (κ3) is 7.25. The van der Waals surface area contributed by atoms with Gasteiger partial charge in [0.2, 0.25) is 6.79 Å². The van der Waals surface area contributed by atoms with Gasteiger partial charge in [-0.15, -0.1) is 0 Å². The van der Waals surface area contributed by atoms with Crippen molar-refractivity contribution in [2.24, 2.45) is 0 Å². The SMILES string of the molecule is C[C@@H](Nc1ccc(NC(=O)c2ccccc2)cc1OCc1ccccc1)[C@H](OC(=O)c1ccccc1)c1ccc2c(c1)OCO2. The van der Waals surface area contributed by atoms with Crippen LogP contribution in [0.2, 0.25) is 0 Å². The van der Waals surface area contributed by atoms with Gasteiger partial charge in [-0.1, -0.05) is 72.8 Å². The minimum Gasteiger partial charge on any atom is -0.487 e. The summed E-state index contributed by atoms with van der Waals surface area (Å²) < 4.78 is 23.5. The highest BCUT2D eigenvalue weighted by molar-refractivity contribution is 6.04. The second-order valence-electron chi connectivity index (χ2n) is 10.5. The standard InChI is InChI=1S/C37H32N2O6/c1-25(35(45-37(41)28-15-9-4-10-16-28)29-17-20-32-34(21-29)44-24-43-32)38-31-19-18-30(39-36(40)27-13-7-3-8-14-27)22-33(31)42-23-26-11-5-2-6-12-26/h2-22,25,35,38H,23-24H2,1H3,(H,39,40)/t25-,35+/m1/s1. The lowest BCUT2D eigenvalue weighted by Gasteiger charge is -2.27. The normalized spacial score (nSPS) is 12.9. The zero-order valence-electron chi connectivity index (χ0n) is 24.6. The summed E-state index contributed by atoms with van der Waals surface area (Å²) in [5.74, 6) is 1.07. The Morgan fingerprint density at radius 3 is 2.16 bits per heavy atom. The molecule has 0 aliphatic carbocycles. The van der Waals surface area contributed by atoms with Gasteiger partial charge in [0.1, 0.15) is 18.5 Å². The van der Waals surface area contributed by atoms with Gasteiger partial charge < -0.3 is 29.6 Å². The van der Waals surface area contributed by atoms with E-state index in [1.165, 1.54) is 0 Å². The molecule has 5 aromatic rings. The summed E-state index contributed by atoms with van der Waals surface area (Å²) in [7, 11) is 0. The van der Waals surface area contributed by atoms with Crippen LogP contribution in [-0.2, 0) is 11.3 Å². The number of carbonyl (C=O) groups is 2. The van der Waals surface area contributed by atoms with E-state index >= 15 is 0 Å². The molecule has 8 heteroatoms. The molecule has 0 spiro atoms. The second-order valence-corrected chi connectivity index (χ2v) is 10.5. The molecule has 8 nitrogen and oxygen atoms in total. The third-order valence-corrected chi connectivity index (χ3v) is 7.32. The Kier molecular flexibility index (Phi) is 8.92. The number of hydrogen-bond acceptors (Lipinski definition) is 7. The monoisotopic (exact) mass is 600 g/mol. The molecular formula is C37H32N2O6. The molecule has 0 radical (unpaired) electrons. The molecule has 1 amide bonds. The first kappa shape index (κ1) is 29.3. The van der Waals surface area contributed by atoms with Crippen LogP contribution in [0, 0.1) is 0 Å². The molecule has 45 heavy (non-hydrogen) atoms. The van der Waals surface area contributed by atoms with E-state index in [-0.39, 0.29) is 12.7 Å². The van der Waals surface area contributed by atoms with Crippen LogP contribution in [-0.4, -0.2) is 24.7 Å². The number of ether oxygens (including phenoxy) is 4. The predicted octanol–water partition coefficient (Wildman–Crippen LogP) is 7.65. The summed E-state index contributed by atoms with van der Waals surface area (Å²) in [6.45, 7) is 2.38. The van der Waals surface area contributed by atoms with E-state index in [0.717, 1.165) is 11.1 Å². The molecule has 1 heterocycles. The zero-order valence-corrected chi connectivity index (χ0v) is 24.6. The van der Waals surface area contributed by atoms with Gasteiger partial charge in [-0.05, 0) is 66.6 Å². The summed E-state index contributed by atoms with van der Waals surface area (Å²) in [5, 5.41) is 6.45. The van der Waals surface area contributed by atoms with Gasteiger partial charge in [0.25, 0.3) is 5.91 Å².